The highest BCUT2D eigenvalue weighted by Crippen LogP contribution is 2.31. The first kappa shape index (κ1) is 20.8. The summed E-state index contributed by atoms with van der Waals surface area (Å²) >= 11 is 0. The Labute approximate surface area is 169 Å². The molecular weight excluding hydrogens is 354 g/mol. The molecule has 0 radical (unpaired) electrons. The lowest BCUT2D eigenvalue weighted by Crippen LogP contribution is -2.57. The molecule has 6 heteroatoms. The summed E-state index contributed by atoms with van der Waals surface area (Å²) < 4.78 is 11.2. The van der Waals surface area contributed by atoms with Crippen molar-refractivity contribution in [2.75, 3.05) is 39.9 Å². The molecule has 1 aromatic rings. The fraction of sp³-hybridized carbons (Fsp3) is 0.682. The monoisotopic (exact) mass is 389 g/mol. The van der Waals surface area contributed by atoms with E-state index in [1.54, 1.807) is 4.90 Å². The van der Waals surface area contributed by atoms with Gasteiger partial charge >= 0.3 is 6.03 Å². The Balaban J connectivity index is 1.52. The van der Waals surface area contributed by atoms with Crippen LogP contribution in [-0.4, -0.2) is 61.3 Å². The number of rotatable bonds is 5. The van der Waals surface area contributed by atoms with Crippen LogP contribution in [0, 0.1) is 11.8 Å². The number of fused-ring (bicyclic) bond motifs is 1. The molecule has 1 aromatic carbocycles. The van der Waals surface area contributed by atoms with E-state index in [0.29, 0.717) is 38.1 Å². The Morgan fingerprint density at radius 2 is 1.82 bits per heavy atom. The van der Waals surface area contributed by atoms with Crippen molar-refractivity contribution in [3.05, 3.63) is 23.8 Å². The van der Waals surface area contributed by atoms with Gasteiger partial charge in [0.2, 0.25) is 0 Å². The molecule has 28 heavy (non-hydrogen) atoms. The minimum absolute atomic E-state index is 0.0546. The molecule has 2 atom stereocenters. The number of carbonyl (C=O) groups excluding carboxylic acids is 1. The number of nitrogens with zero attached hydrogens (tertiary/aromatic N) is 2. The zero-order valence-electron chi connectivity index (χ0n) is 18.0. The maximum absolute atomic E-state index is 12.6. The zero-order valence-corrected chi connectivity index (χ0v) is 18.0. The van der Waals surface area contributed by atoms with Gasteiger partial charge in [-0.15, -0.1) is 0 Å². The molecule has 2 amide bonds. The second kappa shape index (κ2) is 8.60. The number of carbonyl (C=O) groups is 1. The van der Waals surface area contributed by atoms with Crippen molar-refractivity contribution in [1.29, 1.82) is 0 Å². The summed E-state index contributed by atoms with van der Waals surface area (Å²) in [5.41, 5.74) is 0.969. The van der Waals surface area contributed by atoms with Crippen LogP contribution in [0.5, 0.6) is 11.5 Å². The van der Waals surface area contributed by atoms with Crippen molar-refractivity contribution in [3.63, 3.8) is 0 Å². The van der Waals surface area contributed by atoms with Crippen molar-refractivity contribution in [2.24, 2.45) is 11.8 Å². The number of urea groups is 1. The van der Waals surface area contributed by atoms with Crippen LogP contribution in [0.4, 0.5) is 4.79 Å². The summed E-state index contributed by atoms with van der Waals surface area (Å²) in [7, 11) is 1.82. The normalized spacial score (nSPS) is 22.6. The maximum Gasteiger partial charge on any atom is 0.317 e. The molecule has 0 aromatic heterocycles. The highest BCUT2D eigenvalue weighted by Gasteiger charge is 2.33. The fourth-order valence-electron chi connectivity index (χ4n) is 4.23. The number of hydrogen-bond acceptors (Lipinski definition) is 4. The molecule has 2 aliphatic heterocycles. The molecule has 2 heterocycles. The lowest BCUT2D eigenvalue weighted by atomic mass is 9.88. The van der Waals surface area contributed by atoms with Crippen LogP contribution in [0.2, 0.25) is 0 Å². The van der Waals surface area contributed by atoms with E-state index in [1.807, 2.05) is 25.2 Å². The SMILES string of the molecule is CC1CC(C)CN(C(C)(C)CNC(=O)N(C)Cc2ccc3c(c2)OCCO3)C1. The molecule has 0 bridgehead atoms. The van der Waals surface area contributed by atoms with Crippen molar-refractivity contribution < 1.29 is 14.3 Å². The van der Waals surface area contributed by atoms with E-state index in [4.69, 9.17) is 9.47 Å². The fourth-order valence-corrected chi connectivity index (χ4v) is 4.23. The Hall–Kier alpha value is -1.95. The van der Waals surface area contributed by atoms with Crippen molar-refractivity contribution in [1.82, 2.24) is 15.1 Å². The number of benzene rings is 1. The van der Waals surface area contributed by atoms with E-state index in [2.05, 4.69) is 37.9 Å². The van der Waals surface area contributed by atoms with Crippen LogP contribution < -0.4 is 14.8 Å². The van der Waals surface area contributed by atoms with Crippen LogP contribution in [-0.2, 0) is 6.54 Å². The summed E-state index contributed by atoms with van der Waals surface area (Å²) in [5, 5.41) is 3.12. The highest BCUT2D eigenvalue weighted by atomic mass is 16.6. The molecule has 0 aliphatic carbocycles. The lowest BCUT2D eigenvalue weighted by Gasteiger charge is -2.45. The van der Waals surface area contributed by atoms with E-state index in [0.717, 1.165) is 30.2 Å². The van der Waals surface area contributed by atoms with Gasteiger partial charge in [0, 0.05) is 38.8 Å². The Morgan fingerprint density at radius 1 is 1.18 bits per heavy atom. The maximum atomic E-state index is 12.6. The molecule has 1 fully saturated rings. The minimum atomic E-state index is -0.0591. The molecule has 1 N–H and O–H groups in total. The summed E-state index contributed by atoms with van der Waals surface area (Å²) in [5.74, 6) is 2.94. The minimum Gasteiger partial charge on any atom is -0.486 e. The summed E-state index contributed by atoms with van der Waals surface area (Å²) in [6, 6.07) is 5.80. The van der Waals surface area contributed by atoms with Crippen LogP contribution in [0.15, 0.2) is 18.2 Å². The number of nitrogens with one attached hydrogen (secondary N) is 1. The van der Waals surface area contributed by atoms with E-state index in [1.165, 1.54) is 6.42 Å². The number of piperidine rings is 1. The van der Waals surface area contributed by atoms with E-state index in [9.17, 15) is 4.79 Å². The van der Waals surface area contributed by atoms with Gasteiger partial charge in [0.1, 0.15) is 13.2 Å². The highest BCUT2D eigenvalue weighted by molar-refractivity contribution is 5.74. The first-order valence-corrected chi connectivity index (χ1v) is 10.4. The molecule has 6 nitrogen and oxygen atoms in total. The quantitative estimate of drug-likeness (QED) is 0.839. The third kappa shape index (κ3) is 5.10. The first-order chi connectivity index (χ1) is 13.2. The number of likely N-dealkylation sites (tertiary alicyclic amines) is 1. The van der Waals surface area contributed by atoms with Crippen molar-refractivity contribution in [3.8, 4) is 11.5 Å². The van der Waals surface area contributed by atoms with Crippen LogP contribution in [0.3, 0.4) is 0 Å². The van der Waals surface area contributed by atoms with Crippen LogP contribution >= 0.6 is 0 Å². The van der Waals surface area contributed by atoms with Gasteiger partial charge in [0.25, 0.3) is 0 Å². The Kier molecular flexibility index (Phi) is 6.38. The topological polar surface area (TPSA) is 54.0 Å². The summed E-state index contributed by atoms with van der Waals surface area (Å²) in [4.78, 5) is 16.9. The number of ether oxygens (including phenoxy) is 2. The van der Waals surface area contributed by atoms with Gasteiger partial charge < -0.3 is 19.7 Å². The third-order valence-electron chi connectivity index (χ3n) is 5.77. The Bertz CT molecular complexity index is 682. The standard InChI is InChI=1S/C22H35N3O3/c1-16-10-17(2)13-25(12-16)22(3,4)15-23-21(26)24(5)14-18-6-7-19-20(11-18)28-9-8-27-19/h6-7,11,16-17H,8-10,12-15H2,1-5H3,(H,23,26). The first-order valence-electron chi connectivity index (χ1n) is 10.4. The molecule has 1 saturated heterocycles. The largest absolute Gasteiger partial charge is 0.486 e. The van der Waals surface area contributed by atoms with Gasteiger partial charge in [-0.3, -0.25) is 4.90 Å². The molecule has 0 saturated carbocycles. The molecule has 0 spiro atoms. The van der Waals surface area contributed by atoms with Crippen molar-refractivity contribution in [2.45, 2.75) is 46.2 Å². The van der Waals surface area contributed by atoms with E-state index >= 15 is 0 Å². The summed E-state index contributed by atoms with van der Waals surface area (Å²) in [6.07, 6.45) is 1.29. The lowest BCUT2D eigenvalue weighted by molar-refractivity contribution is 0.0465. The van der Waals surface area contributed by atoms with Crippen LogP contribution in [0.1, 0.15) is 39.7 Å². The molecular formula is C22H35N3O3. The molecule has 156 valence electrons. The van der Waals surface area contributed by atoms with Gasteiger partial charge in [-0.1, -0.05) is 19.9 Å². The van der Waals surface area contributed by atoms with Gasteiger partial charge in [0.15, 0.2) is 11.5 Å². The number of amides is 2. The van der Waals surface area contributed by atoms with Crippen LogP contribution in [0.25, 0.3) is 0 Å². The third-order valence-corrected chi connectivity index (χ3v) is 5.77. The summed E-state index contributed by atoms with van der Waals surface area (Å²) in [6.45, 7) is 13.6. The Morgan fingerprint density at radius 3 is 2.50 bits per heavy atom. The second-order valence-corrected chi connectivity index (χ2v) is 9.16. The van der Waals surface area contributed by atoms with E-state index < -0.39 is 0 Å². The van der Waals surface area contributed by atoms with E-state index in [-0.39, 0.29) is 11.6 Å². The predicted molar refractivity (Wildman–Crippen MR) is 111 cm³/mol. The average Bonchev–Trinajstić information content (AvgIpc) is 2.65. The smallest absolute Gasteiger partial charge is 0.317 e. The molecule has 2 unspecified atom stereocenters. The van der Waals surface area contributed by atoms with Crippen molar-refractivity contribution >= 4 is 6.03 Å². The predicted octanol–water partition coefficient (Wildman–Crippen LogP) is 3.36. The van der Waals surface area contributed by atoms with Gasteiger partial charge in [0.05, 0.1) is 0 Å². The molecule has 3 rings (SSSR count). The number of hydrogen-bond donors (Lipinski definition) is 1. The van der Waals surface area contributed by atoms with Gasteiger partial charge in [-0.2, -0.15) is 0 Å². The zero-order chi connectivity index (χ0) is 20.3. The van der Waals surface area contributed by atoms with Gasteiger partial charge in [-0.05, 0) is 49.8 Å². The second-order valence-electron chi connectivity index (χ2n) is 9.16. The molecule has 2 aliphatic rings. The van der Waals surface area contributed by atoms with Gasteiger partial charge in [-0.25, -0.2) is 4.79 Å². The average molecular weight is 390 g/mol.